The zero-order chi connectivity index (χ0) is 13.7. The van der Waals surface area contributed by atoms with Crippen LogP contribution in [0.15, 0.2) is 16.6 Å². The first kappa shape index (κ1) is 15.2. The highest BCUT2D eigenvalue weighted by atomic mass is 79.9. The van der Waals surface area contributed by atoms with Crippen molar-refractivity contribution in [3.05, 3.63) is 22.2 Å². The Morgan fingerprint density at radius 3 is 2.11 bits per heavy atom. The number of hydrogen-bond acceptors (Lipinski definition) is 5. The van der Waals surface area contributed by atoms with E-state index in [1.54, 1.807) is 19.2 Å². The quantitative estimate of drug-likeness (QED) is 0.732. The third kappa shape index (κ3) is 3.35. The average molecular weight is 320 g/mol. The summed E-state index contributed by atoms with van der Waals surface area (Å²) in [4.78, 5) is 0. The summed E-state index contributed by atoms with van der Waals surface area (Å²) in [6.45, 7) is 0.294. The third-order valence-corrected chi connectivity index (χ3v) is 3.37. The molecule has 6 heteroatoms. The van der Waals surface area contributed by atoms with Gasteiger partial charge in [-0.1, -0.05) is 0 Å². The number of rotatable bonds is 6. The number of ether oxygens (including phenoxy) is 2. The first-order valence-corrected chi connectivity index (χ1v) is 6.26. The Hall–Kier alpha value is -0.820. The van der Waals surface area contributed by atoms with E-state index in [0.717, 1.165) is 0 Å². The predicted molar refractivity (Wildman–Crippen MR) is 72.1 cm³/mol. The van der Waals surface area contributed by atoms with E-state index in [2.05, 4.69) is 21.2 Å². The lowest BCUT2D eigenvalue weighted by Crippen LogP contribution is -2.29. The van der Waals surface area contributed by atoms with E-state index in [1.807, 2.05) is 0 Å². The lowest BCUT2D eigenvalue weighted by molar-refractivity contribution is 0.0200. The number of likely N-dealkylation sites (N-methyl/N-ethyl adjacent to an activating group) is 1. The van der Waals surface area contributed by atoms with Gasteiger partial charge in [0.25, 0.3) is 0 Å². The zero-order valence-electron chi connectivity index (χ0n) is 10.6. The fraction of sp³-hybridized carbons (Fsp3) is 0.500. The Kier molecular flexibility index (Phi) is 5.87. The molecule has 0 spiro atoms. The van der Waals surface area contributed by atoms with Gasteiger partial charge < -0.3 is 25.0 Å². The molecule has 0 heterocycles. The molecule has 102 valence electrons. The van der Waals surface area contributed by atoms with Crippen LogP contribution in [0.3, 0.4) is 0 Å². The molecular weight excluding hydrogens is 302 g/mol. The maximum absolute atomic E-state index is 10.0. The van der Waals surface area contributed by atoms with Crippen molar-refractivity contribution >= 4 is 15.9 Å². The van der Waals surface area contributed by atoms with Crippen LogP contribution in [0.5, 0.6) is 11.5 Å². The molecule has 2 unspecified atom stereocenters. The number of methoxy groups -OCH3 is 2. The van der Waals surface area contributed by atoms with Crippen molar-refractivity contribution in [3.63, 3.8) is 0 Å². The first-order chi connectivity index (χ1) is 8.54. The maximum atomic E-state index is 10.0. The largest absolute Gasteiger partial charge is 0.495 e. The number of hydrogen-bond donors (Lipinski definition) is 3. The van der Waals surface area contributed by atoms with Gasteiger partial charge in [0.15, 0.2) is 0 Å². The molecule has 0 saturated heterocycles. The molecule has 0 radical (unpaired) electrons. The first-order valence-electron chi connectivity index (χ1n) is 5.47. The lowest BCUT2D eigenvalue weighted by atomic mass is 10.0. The van der Waals surface area contributed by atoms with Crippen molar-refractivity contribution in [2.24, 2.45) is 0 Å². The van der Waals surface area contributed by atoms with Gasteiger partial charge in [-0.3, -0.25) is 0 Å². The predicted octanol–water partition coefficient (Wildman–Crippen LogP) is 1.08. The Bertz CT molecular complexity index is 375. The molecule has 0 amide bonds. The van der Waals surface area contributed by atoms with Crippen LogP contribution in [0, 0.1) is 0 Å². The Morgan fingerprint density at radius 1 is 1.22 bits per heavy atom. The number of benzene rings is 1. The van der Waals surface area contributed by atoms with Crippen LogP contribution < -0.4 is 14.8 Å². The van der Waals surface area contributed by atoms with Crippen LogP contribution in [0.25, 0.3) is 0 Å². The molecule has 5 nitrogen and oxygen atoms in total. The molecule has 1 aromatic carbocycles. The normalized spacial score (nSPS) is 14.1. The zero-order valence-corrected chi connectivity index (χ0v) is 12.2. The molecule has 0 aliphatic rings. The van der Waals surface area contributed by atoms with Gasteiger partial charge in [0, 0.05) is 6.54 Å². The minimum absolute atomic E-state index is 0.294. The number of nitrogens with one attached hydrogen (secondary N) is 1. The summed E-state index contributed by atoms with van der Waals surface area (Å²) in [6.07, 6.45) is -1.90. The minimum atomic E-state index is -1.01. The Labute approximate surface area is 115 Å². The topological polar surface area (TPSA) is 71.0 Å². The van der Waals surface area contributed by atoms with E-state index < -0.39 is 12.2 Å². The molecule has 2 atom stereocenters. The van der Waals surface area contributed by atoms with Crippen LogP contribution in [0.1, 0.15) is 11.7 Å². The molecule has 0 aliphatic carbocycles. The summed E-state index contributed by atoms with van der Waals surface area (Å²) in [5.41, 5.74) is 0.537. The van der Waals surface area contributed by atoms with Gasteiger partial charge in [0.2, 0.25) is 0 Å². The van der Waals surface area contributed by atoms with E-state index in [4.69, 9.17) is 9.47 Å². The van der Waals surface area contributed by atoms with Gasteiger partial charge in [-0.15, -0.1) is 0 Å². The van der Waals surface area contributed by atoms with Gasteiger partial charge in [-0.2, -0.15) is 0 Å². The number of aliphatic hydroxyl groups excluding tert-OH is 2. The van der Waals surface area contributed by atoms with E-state index in [1.165, 1.54) is 14.2 Å². The van der Waals surface area contributed by atoms with Crippen molar-refractivity contribution in [2.75, 3.05) is 27.8 Å². The Morgan fingerprint density at radius 2 is 1.72 bits per heavy atom. The van der Waals surface area contributed by atoms with Gasteiger partial charge in [0.1, 0.15) is 22.1 Å². The molecule has 0 aromatic heterocycles. The smallest absolute Gasteiger partial charge is 0.137 e. The van der Waals surface area contributed by atoms with Crippen molar-refractivity contribution in [2.45, 2.75) is 12.2 Å². The molecule has 1 rings (SSSR count). The van der Waals surface area contributed by atoms with E-state index in [-0.39, 0.29) is 0 Å². The van der Waals surface area contributed by atoms with Crippen LogP contribution in [-0.4, -0.2) is 44.1 Å². The van der Waals surface area contributed by atoms with Crippen LogP contribution >= 0.6 is 15.9 Å². The minimum Gasteiger partial charge on any atom is -0.495 e. The van der Waals surface area contributed by atoms with Gasteiger partial charge in [-0.25, -0.2) is 0 Å². The highest BCUT2D eigenvalue weighted by Gasteiger charge is 2.21. The van der Waals surface area contributed by atoms with Crippen LogP contribution in [0.4, 0.5) is 0 Å². The molecule has 3 N–H and O–H groups in total. The molecule has 0 bridgehead atoms. The second-order valence-corrected chi connectivity index (χ2v) is 4.60. The fourth-order valence-electron chi connectivity index (χ4n) is 1.60. The van der Waals surface area contributed by atoms with Crippen molar-refractivity contribution in [3.8, 4) is 11.5 Å². The monoisotopic (exact) mass is 319 g/mol. The van der Waals surface area contributed by atoms with Crippen molar-refractivity contribution in [1.29, 1.82) is 0 Å². The molecule has 0 fully saturated rings. The summed E-state index contributed by atoms with van der Waals surface area (Å²) in [6, 6.07) is 3.33. The Balaban J connectivity index is 3.08. The van der Waals surface area contributed by atoms with E-state index in [9.17, 15) is 10.2 Å². The molecular formula is C12H18BrNO4. The van der Waals surface area contributed by atoms with Gasteiger partial charge in [-0.05, 0) is 40.7 Å². The summed E-state index contributed by atoms with van der Waals surface area (Å²) >= 11 is 3.35. The molecule has 1 aromatic rings. The van der Waals surface area contributed by atoms with Gasteiger partial charge in [0.05, 0.1) is 20.3 Å². The molecule has 0 saturated carbocycles. The summed E-state index contributed by atoms with van der Waals surface area (Å²) < 4.78 is 11.0. The molecule has 18 heavy (non-hydrogen) atoms. The average Bonchev–Trinajstić information content (AvgIpc) is 2.38. The highest BCUT2D eigenvalue weighted by Crippen LogP contribution is 2.37. The second-order valence-electron chi connectivity index (χ2n) is 3.81. The van der Waals surface area contributed by atoms with Crippen LogP contribution in [-0.2, 0) is 0 Å². The van der Waals surface area contributed by atoms with E-state index in [0.29, 0.717) is 28.1 Å². The van der Waals surface area contributed by atoms with Crippen LogP contribution in [0.2, 0.25) is 0 Å². The van der Waals surface area contributed by atoms with Crippen molar-refractivity contribution < 1.29 is 19.7 Å². The summed E-state index contributed by atoms with van der Waals surface area (Å²) in [5, 5.41) is 22.6. The second kappa shape index (κ2) is 6.94. The molecule has 0 aliphatic heterocycles. The third-order valence-electron chi connectivity index (χ3n) is 2.59. The highest BCUT2D eigenvalue weighted by molar-refractivity contribution is 9.10. The number of aliphatic hydroxyl groups is 2. The summed E-state index contributed by atoms with van der Waals surface area (Å²) in [5.74, 6) is 1.08. The SMILES string of the molecule is CNCC(O)C(O)c1cc(OC)c(Br)c(OC)c1. The summed E-state index contributed by atoms with van der Waals surface area (Å²) in [7, 11) is 4.76. The maximum Gasteiger partial charge on any atom is 0.137 e. The van der Waals surface area contributed by atoms with Crippen molar-refractivity contribution in [1.82, 2.24) is 5.32 Å². The van der Waals surface area contributed by atoms with E-state index >= 15 is 0 Å². The lowest BCUT2D eigenvalue weighted by Gasteiger charge is -2.20. The van der Waals surface area contributed by atoms with Gasteiger partial charge >= 0.3 is 0 Å². The standard InChI is InChI=1S/C12H18BrNO4/c1-14-6-8(15)12(16)7-4-9(17-2)11(13)10(5-7)18-3/h4-5,8,12,14-16H,6H2,1-3H3. The fourth-order valence-corrected chi connectivity index (χ4v) is 2.16. The number of halogens is 1.